The summed E-state index contributed by atoms with van der Waals surface area (Å²) in [6.07, 6.45) is 5.46. The van der Waals surface area contributed by atoms with Crippen LogP contribution in [-0.2, 0) is 9.53 Å². The molecule has 0 aromatic heterocycles. The minimum Gasteiger partial charge on any atom is -0.487 e. The van der Waals surface area contributed by atoms with Crippen LogP contribution in [0.5, 0.6) is 5.75 Å². The highest BCUT2D eigenvalue weighted by atomic mass is 16.5. The number of fused-ring (bicyclic) bond motifs is 1. The largest absolute Gasteiger partial charge is 0.487 e. The van der Waals surface area contributed by atoms with E-state index in [1.807, 2.05) is 13.8 Å². The van der Waals surface area contributed by atoms with E-state index in [1.54, 1.807) is 35.0 Å². The Morgan fingerprint density at radius 1 is 1.17 bits per heavy atom. The smallest absolute Gasteiger partial charge is 0.317 e. The lowest BCUT2D eigenvalue weighted by atomic mass is 9.96. The SMILES string of the molecule is C[C@@H]1CN([C@H](C)CO)C(=O)c2cc(NC(=O)CCN3CCOCC3)ccc2O[C@@H]1CN(C)C(=O)NC1CCCCC1. The quantitative estimate of drug-likeness (QED) is 0.415. The highest BCUT2D eigenvalue weighted by molar-refractivity contribution is 6.00. The van der Waals surface area contributed by atoms with Crippen molar-refractivity contribution in [2.24, 2.45) is 5.92 Å². The number of rotatable bonds is 9. The molecular weight excluding hydrogens is 526 g/mol. The Balaban J connectivity index is 1.47. The average molecular weight is 574 g/mol. The number of likely N-dealkylation sites (N-methyl/N-ethyl adjacent to an activating group) is 1. The van der Waals surface area contributed by atoms with Crippen LogP contribution in [0.2, 0.25) is 0 Å². The molecule has 41 heavy (non-hydrogen) atoms. The highest BCUT2D eigenvalue weighted by Crippen LogP contribution is 2.31. The van der Waals surface area contributed by atoms with E-state index in [0.29, 0.717) is 56.3 Å². The van der Waals surface area contributed by atoms with Gasteiger partial charge in [-0.3, -0.25) is 14.5 Å². The number of benzene rings is 1. The number of morpholine rings is 1. The van der Waals surface area contributed by atoms with Crippen molar-refractivity contribution in [1.82, 2.24) is 20.0 Å². The standard InChI is InChI=1S/C30H47N5O6/c1-21-18-35(22(2)20-36)29(38)25-17-24(31-28(37)11-12-34-13-15-40-16-14-34)9-10-26(25)41-27(21)19-33(3)30(39)32-23-7-5-4-6-8-23/h9-10,17,21-23,27,36H,4-8,11-16,18-20H2,1-3H3,(H,31,37)(H,32,39)/t21-,22-,27-/m1/s1. The van der Waals surface area contributed by atoms with Gasteiger partial charge in [-0.1, -0.05) is 26.2 Å². The number of hydrogen-bond acceptors (Lipinski definition) is 7. The van der Waals surface area contributed by atoms with Crippen LogP contribution in [0.15, 0.2) is 18.2 Å². The molecule has 1 saturated heterocycles. The number of urea groups is 1. The van der Waals surface area contributed by atoms with Crippen molar-refractivity contribution in [1.29, 1.82) is 0 Å². The van der Waals surface area contributed by atoms with Crippen LogP contribution in [-0.4, -0.2) is 115 Å². The monoisotopic (exact) mass is 573 g/mol. The highest BCUT2D eigenvalue weighted by Gasteiger charge is 2.34. The van der Waals surface area contributed by atoms with Gasteiger partial charge >= 0.3 is 6.03 Å². The molecule has 1 aliphatic carbocycles. The second-order valence-electron chi connectivity index (χ2n) is 11.8. The van der Waals surface area contributed by atoms with Gasteiger partial charge in [-0.25, -0.2) is 4.79 Å². The summed E-state index contributed by atoms with van der Waals surface area (Å²) in [5.41, 5.74) is 0.834. The molecule has 0 unspecified atom stereocenters. The van der Waals surface area contributed by atoms with E-state index in [1.165, 1.54) is 6.42 Å². The summed E-state index contributed by atoms with van der Waals surface area (Å²) < 4.78 is 11.8. The van der Waals surface area contributed by atoms with Crippen LogP contribution in [0.3, 0.4) is 0 Å². The van der Waals surface area contributed by atoms with E-state index in [0.717, 1.165) is 38.8 Å². The summed E-state index contributed by atoms with van der Waals surface area (Å²) in [5.74, 6) is -0.104. The van der Waals surface area contributed by atoms with Crippen molar-refractivity contribution < 1.29 is 29.0 Å². The van der Waals surface area contributed by atoms with Gasteiger partial charge in [0.15, 0.2) is 0 Å². The van der Waals surface area contributed by atoms with Gasteiger partial charge in [0.05, 0.1) is 38.0 Å². The number of nitrogens with one attached hydrogen (secondary N) is 2. The summed E-state index contributed by atoms with van der Waals surface area (Å²) >= 11 is 0. The number of anilines is 1. The fourth-order valence-electron chi connectivity index (χ4n) is 5.71. The summed E-state index contributed by atoms with van der Waals surface area (Å²) in [6.45, 7) is 7.95. The third-order valence-corrected chi connectivity index (χ3v) is 8.44. The maximum absolute atomic E-state index is 13.7. The van der Waals surface area contributed by atoms with Crippen LogP contribution in [0.4, 0.5) is 10.5 Å². The van der Waals surface area contributed by atoms with Gasteiger partial charge in [-0.05, 0) is 38.0 Å². The van der Waals surface area contributed by atoms with Crippen molar-refractivity contribution >= 4 is 23.5 Å². The van der Waals surface area contributed by atoms with Crippen LogP contribution in [0.1, 0.15) is 62.7 Å². The molecule has 2 aliphatic heterocycles. The van der Waals surface area contributed by atoms with E-state index in [9.17, 15) is 19.5 Å². The molecule has 11 nitrogen and oxygen atoms in total. The van der Waals surface area contributed by atoms with Gasteiger partial charge in [0.25, 0.3) is 5.91 Å². The topological polar surface area (TPSA) is 124 Å². The van der Waals surface area contributed by atoms with Crippen LogP contribution in [0.25, 0.3) is 0 Å². The zero-order valence-corrected chi connectivity index (χ0v) is 24.8. The van der Waals surface area contributed by atoms with E-state index in [2.05, 4.69) is 15.5 Å². The predicted octanol–water partition coefficient (Wildman–Crippen LogP) is 2.54. The average Bonchev–Trinajstić information content (AvgIpc) is 2.98. The maximum atomic E-state index is 13.7. The molecule has 4 rings (SSSR count). The molecule has 228 valence electrons. The Morgan fingerprint density at radius 2 is 1.90 bits per heavy atom. The molecular formula is C30H47N5O6. The van der Waals surface area contributed by atoms with Crippen LogP contribution < -0.4 is 15.4 Å². The number of amides is 4. The summed E-state index contributed by atoms with van der Waals surface area (Å²) in [5, 5.41) is 16.0. The van der Waals surface area contributed by atoms with E-state index in [-0.39, 0.29) is 42.5 Å². The Hall–Kier alpha value is -2.89. The first-order valence-electron chi connectivity index (χ1n) is 15.1. The third kappa shape index (κ3) is 8.56. The molecule has 0 spiro atoms. The number of aliphatic hydroxyl groups is 1. The zero-order valence-electron chi connectivity index (χ0n) is 24.8. The van der Waals surface area contributed by atoms with Crippen LogP contribution >= 0.6 is 0 Å². The Labute approximate surface area is 243 Å². The maximum Gasteiger partial charge on any atom is 0.317 e. The van der Waals surface area contributed by atoms with Gasteiger partial charge in [0.1, 0.15) is 11.9 Å². The lowest BCUT2D eigenvalue weighted by Crippen LogP contribution is -2.52. The molecule has 3 aliphatic rings. The summed E-state index contributed by atoms with van der Waals surface area (Å²) in [6, 6.07) is 4.77. The molecule has 3 atom stereocenters. The lowest BCUT2D eigenvalue weighted by Gasteiger charge is -2.38. The Bertz CT molecular complexity index is 1040. The van der Waals surface area contributed by atoms with Crippen molar-refractivity contribution in [3.05, 3.63) is 23.8 Å². The minimum absolute atomic E-state index is 0.106. The number of ether oxygens (including phenoxy) is 2. The van der Waals surface area contributed by atoms with Gasteiger partial charge in [-0.2, -0.15) is 0 Å². The first-order chi connectivity index (χ1) is 19.7. The van der Waals surface area contributed by atoms with Crippen molar-refractivity contribution in [2.45, 2.75) is 70.6 Å². The van der Waals surface area contributed by atoms with Crippen molar-refractivity contribution in [2.75, 3.05) is 64.9 Å². The van der Waals surface area contributed by atoms with Crippen molar-refractivity contribution in [3.8, 4) is 5.75 Å². The first kappa shape index (κ1) is 31.1. The number of nitrogens with zero attached hydrogens (tertiary/aromatic N) is 3. The van der Waals surface area contributed by atoms with E-state index < -0.39 is 6.04 Å². The number of carbonyl (C=O) groups is 3. The number of hydrogen-bond donors (Lipinski definition) is 3. The van der Waals surface area contributed by atoms with Gasteiger partial charge in [-0.15, -0.1) is 0 Å². The summed E-state index contributed by atoms with van der Waals surface area (Å²) in [4.78, 5) is 44.9. The molecule has 1 aromatic carbocycles. The molecule has 1 aromatic rings. The predicted molar refractivity (Wildman–Crippen MR) is 156 cm³/mol. The molecule has 3 N–H and O–H groups in total. The molecule has 2 fully saturated rings. The Kier molecular flexibility index (Phi) is 11.2. The minimum atomic E-state index is -0.407. The number of carbonyl (C=O) groups excluding carboxylic acids is 3. The zero-order chi connectivity index (χ0) is 29.4. The van der Waals surface area contributed by atoms with Crippen LogP contribution in [0, 0.1) is 5.92 Å². The van der Waals surface area contributed by atoms with E-state index >= 15 is 0 Å². The van der Waals surface area contributed by atoms with Crippen molar-refractivity contribution in [3.63, 3.8) is 0 Å². The van der Waals surface area contributed by atoms with Gasteiger partial charge < -0.3 is 35.0 Å². The second-order valence-corrected chi connectivity index (χ2v) is 11.8. The Morgan fingerprint density at radius 3 is 2.61 bits per heavy atom. The van der Waals surface area contributed by atoms with E-state index in [4.69, 9.17) is 9.47 Å². The van der Waals surface area contributed by atoms with Gasteiger partial charge in [0, 0.05) is 57.3 Å². The summed E-state index contributed by atoms with van der Waals surface area (Å²) in [7, 11) is 1.77. The lowest BCUT2D eigenvalue weighted by molar-refractivity contribution is -0.116. The molecule has 4 amide bonds. The molecule has 11 heteroatoms. The van der Waals surface area contributed by atoms with Gasteiger partial charge in [0.2, 0.25) is 5.91 Å². The molecule has 2 heterocycles. The molecule has 0 radical (unpaired) electrons. The number of aliphatic hydroxyl groups excluding tert-OH is 1. The molecule has 0 bridgehead atoms. The first-order valence-corrected chi connectivity index (χ1v) is 15.1. The second kappa shape index (κ2) is 14.8. The molecule has 1 saturated carbocycles. The fraction of sp³-hybridized carbons (Fsp3) is 0.700. The fourth-order valence-corrected chi connectivity index (χ4v) is 5.71. The normalized spacial score (nSPS) is 23.0. The third-order valence-electron chi connectivity index (χ3n) is 8.44.